The number of nitrogens with zero attached hydrogens (tertiary/aromatic N) is 1. The van der Waals surface area contributed by atoms with E-state index in [4.69, 9.17) is 5.73 Å². The molecule has 0 bridgehead atoms. The fourth-order valence-electron chi connectivity index (χ4n) is 3.96. The van der Waals surface area contributed by atoms with Gasteiger partial charge in [-0.2, -0.15) is 0 Å². The van der Waals surface area contributed by atoms with Gasteiger partial charge >= 0.3 is 0 Å². The highest BCUT2D eigenvalue weighted by Gasteiger charge is 2.37. The zero-order chi connectivity index (χ0) is 15.3. The molecule has 1 unspecified atom stereocenters. The molecule has 0 radical (unpaired) electrons. The summed E-state index contributed by atoms with van der Waals surface area (Å²) in [6.45, 7) is 8.29. The van der Waals surface area contributed by atoms with Gasteiger partial charge in [-0.25, -0.2) is 0 Å². The summed E-state index contributed by atoms with van der Waals surface area (Å²) >= 11 is 0. The molecule has 1 spiro atoms. The lowest BCUT2D eigenvalue weighted by molar-refractivity contribution is -0.124. The lowest BCUT2D eigenvalue weighted by Crippen LogP contribution is -2.55. The first-order valence-corrected chi connectivity index (χ1v) is 8.77. The van der Waals surface area contributed by atoms with Crippen molar-refractivity contribution < 1.29 is 4.79 Å². The Morgan fingerprint density at radius 3 is 2.38 bits per heavy atom. The summed E-state index contributed by atoms with van der Waals surface area (Å²) in [5.41, 5.74) is 5.72. The number of amides is 1. The number of nitrogens with two attached hydrogens (primary N) is 1. The van der Waals surface area contributed by atoms with Gasteiger partial charge in [-0.1, -0.05) is 19.8 Å². The summed E-state index contributed by atoms with van der Waals surface area (Å²) in [5.74, 6) is -0.222. The van der Waals surface area contributed by atoms with E-state index in [-0.39, 0.29) is 5.91 Å². The van der Waals surface area contributed by atoms with Crippen LogP contribution in [0.4, 0.5) is 0 Å². The number of hydrogen-bond donors (Lipinski definition) is 2. The van der Waals surface area contributed by atoms with Crippen LogP contribution >= 0.6 is 0 Å². The largest absolute Gasteiger partial charge is 0.368 e. The minimum atomic E-state index is -0.557. The summed E-state index contributed by atoms with van der Waals surface area (Å²) in [5, 5.41) is 3.33. The first kappa shape index (κ1) is 16.8. The molecule has 4 heteroatoms. The minimum absolute atomic E-state index is 0.222. The summed E-state index contributed by atoms with van der Waals surface area (Å²) in [7, 11) is 0. The Hall–Kier alpha value is -0.610. The number of piperidine rings is 1. The van der Waals surface area contributed by atoms with Crippen molar-refractivity contribution in [2.75, 3.05) is 26.2 Å². The van der Waals surface area contributed by atoms with Crippen molar-refractivity contribution in [1.29, 1.82) is 0 Å². The lowest BCUT2D eigenvalue weighted by Gasteiger charge is -2.40. The van der Waals surface area contributed by atoms with Gasteiger partial charge in [0.2, 0.25) is 5.91 Å². The molecule has 1 heterocycles. The van der Waals surface area contributed by atoms with Gasteiger partial charge in [-0.05, 0) is 70.5 Å². The molecule has 0 aromatic carbocycles. The number of likely N-dealkylation sites (tertiary alicyclic amines) is 1. The number of nitrogens with one attached hydrogen (secondary N) is 1. The average molecular weight is 295 g/mol. The standard InChI is InChI=1S/C17H33N3O/c1-3-11-19-16(2,15(18)21)8-12-20-13-9-17(10-14-20)6-4-5-7-17/h19H,3-14H2,1-2H3,(H2,18,21). The van der Waals surface area contributed by atoms with Crippen LogP contribution in [0, 0.1) is 5.41 Å². The second kappa shape index (κ2) is 7.10. The Morgan fingerprint density at radius 1 is 1.24 bits per heavy atom. The molecule has 21 heavy (non-hydrogen) atoms. The summed E-state index contributed by atoms with van der Waals surface area (Å²) in [6, 6.07) is 0. The Kier molecular flexibility index (Phi) is 5.67. The van der Waals surface area contributed by atoms with Gasteiger partial charge < -0.3 is 16.0 Å². The molecule has 1 aliphatic heterocycles. The average Bonchev–Trinajstić information content (AvgIpc) is 2.93. The highest BCUT2D eigenvalue weighted by Crippen LogP contribution is 2.46. The van der Waals surface area contributed by atoms with Crippen molar-refractivity contribution in [2.24, 2.45) is 11.1 Å². The van der Waals surface area contributed by atoms with Gasteiger partial charge in [0.1, 0.15) is 0 Å². The molecule has 1 aliphatic carbocycles. The SMILES string of the molecule is CCCNC(C)(CCN1CCC2(CCCC2)CC1)C(N)=O. The van der Waals surface area contributed by atoms with E-state index in [0.717, 1.165) is 25.9 Å². The maximum atomic E-state index is 11.7. The van der Waals surface area contributed by atoms with E-state index in [0.29, 0.717) is 5.41 Å². The van der Waals surface area contributed by atoms with Gasteiger partial charge in [-0.3, -0.25) is 4.79 Å². The predicted octanol–water partition coefficient (Wildman–Crippen LogP) is 2.28. The van der Waals surface area contributed by atoms with Crippen LogP contribution in [0.5, 0.6) is 0 Å². The normalized spacial score (nSPS) is 25.0. The van der Waals surface area contributed by atoms with Crippen LogP contribution in [-0.4, -0.2) is 42.5 Å². The van der Waals surface area contributed by atoms with E-state index < -0.39 is 5.54 Å². The van der Waals surface area contributed by atoms with E-state index in [1.165, 1.54) is 51.6 Å². The minimum Gasteiger partial charge on any atom is -0.368 e. The van der Waals surface area contributed by atoms with Crippen molar-refractivity contribution in [2.45, 2.75) is 70.8 Å². The zero-order valence-corrected chi connectivity index (χ0v) is 13.9. The van der Waals surface area contributed by atoms with Gasteiger partial charge in [-0.15, -0.1) is 0 Å². The van der Waals surface area contributed by atoms with Crippen LogP contribution in [0.15, 0.2) is 0 Å². The Morgan fingerprint density at radius 2 is 1.86 bits per heavy atom. The number of hydrogen-bond acceptors (Lipinski definition) is 3. The third-order valence-electron chi connectivity index (χ3n) is 5.82. The molecule has 0 aromatic rings. The molecular weight excluding hydrogens is 262 g/mol. The van der Waals surface area contributed by atoms with E-state index in [1.807, 2.05) is 6.92 Å². The quantitative estimate of drug-likeness (QED) is 0.757. The second-order valence-corrected chi connectivity index (χ2v) is 7.42. The topological polar surface area (TPSA) is 58.4 Å². The second-order valence-electron chi connectivity index (χ2n) is 7.42. The van der Waals surface area contributed by atoms with Crippen LogP contribution < -0.4 is 11.1 Å². The molecule has 2 fully saturated rings. The molecule has 3 N–H and O–H groups in total. The van der Waals surface area contributed by atoms with Crippen LogP contribution in [0.2, 0.25) is 0 Å². The Bertz CT molecular complexity index is 342. The van der Waals surface area contributed by atoms with Crippen LogP contribution in [-0.2, 0) is 4.79 Å². The molecule has 0 aromatic heterocycles. The first-order chi connectivity index (χ1) is 10.00. The van der Waals surface area contributed by atoms with Crippen LogP contribution in [0.3, 0.4) is 0 Å². The third kappa shape index (κ3) is 4.19. The van der Waals surface area contributed by atoms with Crippen LogP contribution in [0.1, 0.15) is 65.2 Å². The number of primary amides is 1. The molecule has 1 amide bonds. The van der Waals surface area contributed by atoms with Gasteiger partial charge in [0, 0.05) is 6.54 Å². The summed E-state index contributed by atoms with van der Waals surface area (Å²) in [6.07, 6.45) is 10.3. The maximum absolute atomic E-state index is 11.7. The lowest BCUT2D eigenvalue weighted by atomic mass is 9.77. The van der Waals surface area contributed by atoms with Crippen molar-refractivity contribution in [3.63, 3.8) is 0 Å². The highest BCUT2D eigenvalue weighted by atomic mass is 16.1. The summed E-state index contributed by atoms with van der Waals surface area (Å²) < 4.78 is 0. The van der Waals surface area contributed by atoms with Crippen LogP contribution in [0.25, 0.3) is 0 Å². The van der Waals surface area contributed by atoms with Gasteiger partial charge in [0.25, 0.3) is 0 Å². The molecule has 122 valence electrons. The predicted molar refractivity (Wildman–Crippen MR) is 87.1 cm³/mol. The highest BCUT2D eigenvalue weighted by molar-refractivity contribution is 5.84. The fourth-order valence-corrected chi connectivity index (χ4v) is 3.96. The molecule has 2 rings (SSSR count). The molecule has 1 atom stereocenters. The van der Waals surface area contributed by atoms with E-state index >= 15 is 0 Å². The van der Waals surface area contributed by atoms with Crippen molar-refractivity contribution in [1.82, 2.24) is 10.2 Å². The van der Waals surface area contributed by atoms with Gasteiger partial charge in [0.15, 0.2) is 0 Å². The summed E-state index contributed by atoms with van der Waals surface area (Å²) in [4.78, 5) is 14.3. The zero-order valence-electron chi connectivity index (χ0n) is 13.9. The number of carbonyl (C=O) groups is 1. The van der Waals surface area contributed by atoms with E-state index in [9.17, 15) is 4.79 Å². The third-order valence-corrected chi connectivity index (χ3v) is 5.82. The van der Waals surface area contributed by atoms with Crippen molar-refractivity contribution in [3.05, 3.63) is 0 Å². The monoisotopic (exact) mass is 295 g/mol. The maximum Gasteiger partial charge on any atom is 0.237 e. The van der Waals surface area contributed by atoms with Gasteiger partial charge in [0.05, 0.1) is 5.54 Å². The van der Waals surface area contributed by atoms with E-state index in [2.05, 4.69) is 17.1 Å². The molecule has 2 aliphatic rings. The van der Waals surface area contributed by atoms with E-state index in [1.54, 1.807) is 0 Å². The molecular formula is C17H33N3O. The Labute approximate surface area is 129 Å². The smallest absolute Gasteiger partial charge is 0.237 e. The molecule has 1 saturated heterocycles. The Balaban J connectivity index is 1.78. The molecule has 1 saturated carbocycles. The number of rotatable bonds is 7. The fraction of sp³-hybridized carbons (Fsp3) is 0.941. The number of carbonyl (C=O) groups excluding carboxylic acids is 1. The molecule has 4 nitrogen and oxygen atoms in total. The van der Waals surface area contributed by atoms with Crippen molar-refractivity contribution in [3.8, 4) is 0 Å². The van der Waals surface area contributed by atoms with Crippen molar-refractivity contribution >= 4 is 5.91 Å². The first-order valence-electron chi connectivity index (χ1n) is 8.77.